The van der Waals surface area contributed by atoms with Gasteiger partial charge < -0.3 is 14.8 Å². The lowest BCUT2D eigenvalue weighted by Gasteiger charge is -2.11. The molecule has 0 aliphatic heterocycles. The van der Waals surface area contributed by atoms with Crippen molar-refractivity contribution in [2.45, 2.75) is 20.0 Å². The summed E-state index contributed by atoms with van der Waals surface area (Å²) in [7, 11) is -1.60. The maximum atomic E-state index is 13.7. The lowest BCUT2D eigenvalue weighted by molar-refractivity contribution is 0.231. The molecule has 0 radical (unpaired) electrons. The second kappa shape index (κ2) is 4.92. The summed E-state index contributed by atoms with van der Waals surface area (Å²) in [6.07, 6.45) is 1.16. The van der Waals surface area contributed by atoms with Gasteiger partial charge in [-0.25, -0.2) is 4.39 Å². The van der Waals surface area contributed by atoms with Crippen LogP contribution in [-0.4, -0.2) is 28.3 Å². The Bertz CT molecular complexity index is 574. The van der Waals surface area contributed by atoms with Crippen LogP contribution in [0.5, 0.6) is 5.75 Å². The summed E-state index contributed by atoms with van der Waals surface area (Å²) in [4.78, 5) is 3.97. The average molecular weight is 249 g/mol. The number of benzene rings is 1. The van der Waals surface area contributed by atoms with E-state index in [-0.39, 0.29) is 17.3 Å². The average Bonchev–Trinajstić information content (AvgIpc) is 2.28. The van der Waals surface area contributed by atoms with Crippen LogP contribution in [0.25, 0.3) is 10.9 Å². The quantitative estimate of drug-likeness (QED) is 0.791. The molecule has 0 amide bonds. The molecule has 0 bridgehead atoms. The smallest absolute Gasteiger partial charge is 0.488 e. The summed E-state index contributed by atoms with van der Waals surface area (Å²) in [5, 5.41) is 18.7. The van der Waals surface area contributed by atoms with Crippen molar-refractivity contribution >= 4 is 23.5 Å². The topological polar surface area (TPSA) is 62.6 Å². The van der Waals surface area contributed by atoms with Gasteiger partial charge in [-0.15, -0.1) is 0 Å². The molecule has 0 aliphatic rings. The highest BCUT2D eigenvalue weighted by Gasteiger charge is 2.14. The molecule has 4 nitrogen and oxygen atoms in total. The maximum absolute atomic E-state index is 13.7. The molecule has 0 unspecified atom stereocenters. The Morgan fingerprint density at radius 2 is 2.00 bits per heavy atom. The molecule has 6 heteroatoms. The molecule has 1 aromatic carbocycles. The summed E-state index contributed by atoms with van der Waals surface area (Å²) in [6, 6.07) is 4.31. The Labute approximate surface area is 104 Å². The van der Waals surface area contributed by atoms with E-state index in [9.17, 15) is 4.39 Å². The standard InChI is InChI=1S/C12H13BFNO3/c1-7(2)18-12-4-8-3-9(13(16)17)6-15-11(8)5-10(12)14/h3-7,16-17H,1-2H3. The minimum Gasteiger partial charge on any atom is -0.488 e. The second-order valence-electron chi connectivity index (χ2n) is 4.28. The lowest BCUT2D eigenvalue weighted by atomic mass is 9.81. The second-order valence-corrected chi connectivity index (χ2v) is 4.28. The fraction of sp³-hybridized carbons (Fsp3) is 0.250. The van der Waals surface area contributed by atoms with Gasteiger partial charge in [0, 0.05) is 23.1 Å². The summed E-state index contributed by atoms with van der Waals surface area (Å²) in [5.41, 5.74) is 0.692. The van der Waals surface area contributed by atoms with Crippen molar-refractivity contribution in [1.82, 2.24) is 4.98 Å². The van der Waals surface area contributed by atoms with E-state index in [1.54, 1.807) is 19.9 Å². The fourth-order valence-corrected chi connectivity index (χ4v) is 1.63. The molecule has 0 atom stereocenters. The number of nitrogens with zero attached hydrogens (tertiary/aromatic N) is 1. The molecule has 2 aromatic rings. The highest BCUT2D eigenvalue weighted by molar-refractivity contribution is 6.58. The van der Waals surface area contributed by atoms with E-state index in [0.717, 1.165) is 0 Å². The molecular formula is C12H13BFNO3. The Balaban J connectivity index is 2.52. The third-order valence-electron chi connectivity index (χ3n) is 2.42. The molecule has 0 saturated heterocycles. The van der Waals surface area contributed by atoms with Crippen molar-refractivity contribution < 1.29 is 19.2 Å². The van der Waals surface area contributed by atoms with Crippen LogP contribution in [0, 0.1) is 5.82 Å². The summed E-state index contributed by atoms with van der Waals surface area (Å²) < 4.78 is 19.0. The number of hydrogen-bond donors (Lipinski definition) is 2. The van der Waals surface area contributed by atoms with E-state index < -0.39 is 12.9 Å². The van der Waals surface area contributed by atoms with Gasteiger partial charge in [-0.3, -0.25) is 4.98 Å². The minimum atomic E-state index is -1.60. The molecular weight excluding hydrogens is 236 g/mol. The van der Waals surface area contributed by atoms with E-state index in [4.69, 9.17) is 14.8 Å². The van der Waals surface area contributed by atoms with Gasteiger partial charge in [0.15, 0.2) is 11.6 Å². The summed E-state index contributed by atoms with van der Waals surface area (Å²) in [6.45, 7) is 3.60. The molecule has 0 saturated carbocycles. The van der Waals surface area contributed by atoms with Crippen molar-refractivity contribution in [1.29, 1.82) is 0 Å². The van der Waals surface area contributed by atoms with Crippen LogP contribution in [0.3, 0.4) is 0 Å². The Morgan fingerprint density at radius 1 is 1.28 bits per heavy atom. The molecule has 2 N–H and O–H groups in total. The van der Waals surface area contributed by atoms with Crippen molar-refractivity contribution in [2.24, 2.45) is 0 Å². The van der Waals surface area contributed by atoms with E-state index in [0.29, 0.717) is 10.9 Å². The third-order valence-corrected chi connectivity index (χ3v) is 2.42. The predicted molar refractivity (Wildman–Crippen MR) is 67.3 cm³/mol. The van der Waals surface area contributed by atoms with Gasteiger partial charge in [0.25, 0.3) is 0 Å². The first-order valence-corrected chi connectivity index (χ1v) is 5.59. The highest BCUT2D eigenvalue weighted by atomic mass is 19.1. The fourth-order valence-electron chi connectivity index (χ4n) is 1.63. The summed E-state index contributed by atoms with van der Waals surface area (Å²) in [5.74, 6) is -0.357. The van der Waals surface area contributed by atoms with Gasteiger partial charge in [0.1, 0.15) is 0 Å². The van der Waals surface area contributed by atoms with Gasteiger partial charge in [-0.2, -0.15) is 0 Å². The lowest BCUT2D eigenvalue weighted by Crippen LogP contribution is -2.30. The Morgan fingerprint density at radius 3 is 2.61 bits per heavy atom. The molecule has 18 heavy (non-hydrogen) atoms. The Hall–Kier alpha value is -1.66. The molecule has 2 rings (SSSR count). The zero-order valence-electron chi connectivity index (χ0n) is 10.1. The van der Waals surface area contributed by atoms with Crippen LogP contribution in [0.1, 0.15) is 13.8 Å². The number of hydrogen-bond acceptors (Lipinski definition) is 4. The van der Waals surface area contributed by atoms with E-state index in [1.165, 1.54) is 18.3 Å². The minimum absolute atomic E-state index is 0.129. The number of aromatic nitrogens is 1. The molecule has 1 aromatic heterocycles. The zero-order valence-corrected chi connectivity index (χ0v) is 10.1. The maximum Gasteiger partial charge on any atom is 0.490 e. The first kappa shape index (κ1) is 12.8. The summed E-state index contributed by atoms with van der Waals surface area (Å²) >= 11 is 0. The van der Waals surface area contributed by atoms with Crippen LogP contribution in [0.4, 0.5) is 4.39 Å². The molecule has 94 valence electrons. The number of halogens is 1. The van der Waals surface area contributed by atoms with E-state index >= 15 is 0 Å². The predicted octanol–water partition coefficient (Wildman–Crippen LogP) is 0.841. The van der Waals surface area contributed by atoms with Crippen LogP contribution in [0.15, 0.2) is 24.4 Å². The monoisotopic (exact) mass is 249 g/mol. The number of ether oxygens (including phenoxy) is 1. The number of pyridine rings is 1. The van der Waals surface area contributed by atoms with E-state index in [2.05, 4.69) is 4.98 Å². The van der Waals surface area contributed by atoms with Gasteiger partial charge in [-0.1, -0.05) is 6.07 Å². The van der Waals surface area contributed by atoms with Gasteiger partial charge in [0.2, 0.25) is 0 Å². The van der Waals surface area contributed by atoms with Crippen molar-refractivity contribution in [3.8, 4) is 5.75 Å². The number of rotatable bonds is 3. The van der Waals surface area contributed by atoms with Gasteiger partial charge in [0.05, 0.1) is 11.6 Å². The molecule has 1 heterocycles. The largest absolute Gasteiger partial charge is 0.490 e. The van der Waals surface area contributed by atoms with E-state index in [1.807, 2.05) is 0 Å². The third kappa shape index (κ3) is 2.60. The van der Waals surface area contributed by atoms with Crippen LogP contribution in [-0.2, 0) is 0 Å². The van der Waals surface area contributed by atoms with Gasteiger partial charge >= 0.3 is 7.12 Å². The number of fused-ring (bicyclic) bond motifs is 1. The van der Waals surface area contributed by atoms with Gasteiger partial charge in [-0.05, 0) is 19.9 Å². The first-order valence-electron chi connectivity index (χ1n) is 5.59. The van der Waals surface area contributed by atoms with Crippen LogP contribution >= 0.6 is 0 Å². The van der Waals surface area contributed by atoms with Crippen molar-refractivity contribution in [3.63, 3.8) is 0 Å². The van der Waals surface area contributed by atoms with Crippen LogP contribution in [0.2, 0.25) is 0 Å². The first-order chi connectivity index (χ1) is 8.47. The molecule has 0 aliphatic carbocycles. The van der Waals surface area contributed by atoms with Crippen LogP contribution < -0.4 is 10.2 Å². The molecule has 0 spiro atoms. The zero-order chi connectivity index (χ0) is 13.3. The Kier molecular flexibility index (Phi) is 3.49. The van der Waals surface area contributed by atoms with Crippen molar-refractivity contribution in [2.75, 3.05) is 0 Å². The molecule has 0 fully saturated rings. The van der Waals surface area contributed by atoms with Crippen molar-refractivity contribution in [3.05, 3.63) is 30.2 Å². The normalized spacial score (nSPS) is 11.0. The SMILES string of the molecule is CC(C)Oc1cc2cc(B(O)O)cnc2cc1F. The highest BCUT2D eigenvalue weighted by Crippen LogP contribution is 2.24.